The Balaban J connectivity index is 2.25. The number of anilines is 1. The molecule has 0 radical (unpaired) electrons. The molecule has 0 atom stereocenters. The Morgan fingerprint density at radius 3 is 2.55 bits per heavy atom. The van der Waals surface area contributed by atoms with Gasteiger partial charge in [-0.15, -0.1) is 0 Å². The van der Waals surface area contributed by atoms with Gasteiger partial charge >= 0.3 is 0 Å². The van der Waals surface area contributed by atoms with Crippen molar-refractivity contribution < 1.29 is 17.6 Å². The topological polar surface area (TPSA) is 102 Å². The second-order valence-electron chi connectivity index (χ2n) is 4.09. The first-order valence-electron chi connectivity index (χ1n) is 5.46. The smallest absolute Gasteiger partial charge is 0.258 e. The molecule has 6 nitrogen and oxygen atoms in total. The standard InChI is InChI=1S/C12H11BrN2O4S/c1-7-4-8(6-19-7)12(16)15-11-3-2-9(5-10(11)13)20(14,17)18/h2-6H,1H3,(H,15,16)(H2,14,17,18). The molecule has 0 aliphatic carbocycles. The Labute approximate surface area is 124 Å². The molecule has 0 aliphatic rings. The summed E-state index contributed by atoms with van der Waals surface area (Å²) in [5.41, 5.74) is 0.811. The highest BCUT2D eigenvalue weighted by Crippen LogP contribution is 2.26. The minimum Gasteiger partial charge on any atom is -0.469 e. The molecule has 2 rings (SSSR count). The first-order valence-corrected chi connectivity index (χ1v) is 7.80. The maximum Gasteiger partial charge on any atom is 0.258 e. The Hall–Kier alpha value is -1.64. The van der Waals surface area contributed by atoms with Crippen LogP contribution in [0.2, 0.25) is 0 Å². The van der Waals surface area contributed by atoms with Crippen molar-refractivity contribution in [3.63, 3.8) is 0 Å². The molecular formula is C12H11BrN2O4S. The molecule has 1 aromatic heterocycles. The van der Waals surface area contributed by atoms with E-state index in [2.05, 4.69) is 21.2 Å². The minimum atomic E-state index is -3.78. The lowest BCUT2D eigenvalue weighted by Gasteiger charge is -2.07. The molecule has 0 aliphatic heterocycles. The fourth-order valence-corrected chi connectivity index (χ4v) is 2.70. The molecule has 1 heterocycles. The van der Waals surface area contributed by atoms with Crippen LogP contribution < -0.4 is 10.5 Å². The number of benzene rings is 1. The van der Waals surface area contributed by atoms with Crippen LogP contribution in [0.3, 0.4) is 0 Å². The van der Waals surface area contributed by atoms with E-state index in [1.165, 1.54) is 24.5 Å². The lowest BCUT2D eigenvalue weighted by atomic mass is 10.2. The van der Waals surface area contributed by atoms with Gasteiger partial charge in [0.2, 0.25) is 10.0 Å². The van der Waals surface area contributed by atoms with Crippen LogP contribution in [0.4, 0.5) is 5.69 Å². The van der Waals surface area contributed by atoms with E-state index >= 15 is 0 Å². The fourth-order valence-electron chi connectivity index (χ4n) is 1.53. The number of hydrogen-bond acceptors (Lipinski definition) is 4. The van der Waals surface area contributed by atoms with Gasteiger partial charge in [0.05, 0.1) is 16.1 Å². The van der Waals surface area contributed by atoms with E-state index < -0.39 is 10.0 Å². The molecule has 0 unspecified atom stereocenters. The Kier molecular flexibility index (Phi) is 3.98. The molecule has 1 amide bonds. The van der Waals surface area contributed by atoms with Gasteiger partial charge in [-0.05, 0) is 47.1 Å². The summed E-state index contributed by atoms with van der Waals surface area (Å²) in [6.07, 6.45) is 1.34. The average molecular weight is 359 g/mol. The number of nitrogens with two attached hydrogens (primary N) is 1. The lowest BCUT2D eigenvalue weighted by Crippen LogP contribution is -2.14. The molecule has 0 fully saturated rings. The molecule has 0 spiro atoms. The van der Waals surface area contributed by atoms with Crippen LogP contribution in [0.1, 0.15) is 16.1 Å². The number of primary sulfonamides is 1. The number of aryl methyl sites for hydroxylation is 1. The van der Waals surface area contributed by atoms with Gasteiger partial charge in [0.15, 0.2) is 0 Å². The summed E-state index contributed by atoms with van der Waals surface area (Å²) in [7, 11) is -3.78. The van der Waals surface area contributed by atoms with Crippen molar-refractivity contribution in [1.29, 1.82) is 0 Å². The van der Waals surface area contributed by atoms with Crippen molar-refractivity contribution >= 4 is 37.5 Å². The Morgan fingerprint density at radius 2 is 2.05 bits per heavy atom. The highest BCUT2D eigenvalue weighted by atomic mass is 79.9. The molecule has 20 heavy (non-hydrogen) atoms. The maximum absolute atomic E-state index is 11.9. The monoisotopic (exact) mass is 358 g/mol. The Bertz CT molecular complexity index is 768. The molecule has 106 valence electrons. The zero-order valence-corrected chi connectivity index (χ0v) is 12.8. The van der Waals surface area contributed by atoms with Gasteiger partial charge in [-0.25, -0.2) is 13.6 Å². The third-order valence-corrected chi connectivity index (χ3v) is 4.08. The molecule has 0 bridgehead atoms. The van der Waals surface area contributed by atoms with Crippen LogP contribution in [-0.4, -0.2) is 14.3 Å². The normalized spacial score (nSPS) is 11.3. The van der Waals surface area contributed by atoms with Gasteiger partial charge in [-0.3, -0.25) is 4.79 Å². The fraction of sp³-hybridized carbons (Fsp3) is 0.0833. The zero-order valence-electron chi connectivity index (χ0n) is 10.4. The largest absolute Gasteiger partial charge is 0.469 e. The minimum absolute atomic E-state index is 0.0403. The van der Waals surface area contributed by atoms with E-state index in [0.717, 1.165) is 0 Å². The van der Waals surface area contributed by atoms with Gasteiger partial charge in [-0.2, -0.15) is 0 Å². The average Bonchev–Trinajstić information content (AvgIpc) is 2.77. The molecular weight excluding hydrogens is 348 g/mol. The van der Waals surface area contributed by atoms with Crippen molar-refractivity contribution in [3.05, 3.63) is 46.3 Å². The first-order chi connectivity index (χ1) is 9.27. The van der Waals surface area contributed by atoms with Crippen LogP contribution in [0.15, 0.2) is 44.3 Å². The van der Waals surface area contributed by atoms with Crippen molar-refractivity contribution in [2.75, 3.05) is 5.32 Å². The van der Waals surface area contributed by atoms with Gasteiger partial charge in [0, 0.05) is 4.47 Å². The van der Waals surface area contributed by atoms with Gasteiger partial charge in [-0.1, -0.05) is 0 Å². The third-order valence-electron chi connectivity index (χ3n) is 2.51. The number of halogens is 1. The summed E-state index contributed by atoms with van der Waals surface area (Å²) in [5.74, 6) is 0.268. The molecule has 1 aromatic carbocycles. The van der Waals surface area contributed by atoms with Crippen LogP contribution >= 0.6 is 15.9 Å². The molecule has 0 saturated carbocycles. The number of carbonyl (C=O) groups is 1. The summed E-state index contributed by atoms with van der Waals surface area (Å²) >= 11 is 3.19. The third kappa shape index (κ3) is 3.27. The number of nitrogens with one attached hydrogen (secondary N) is 1. The number of rotatable bonds is 3. The quantitative estimate of drug-likeness (QED) is 0.877. The number of hydrogen-bond donors (Lipinski definition) is 2. The molecule has 0 saturated heterocycles. The van der Waals surface area contributed by atoms with Crippen molar-refractivity contribution in [2.45, 2.75) is 11.8 Å². The molecule has 8 heteroatoms. The summed E-state index contributed by atoms with van der Waals surface area (Å²) in [6.45, 7) is 1.73. The summed E-state index contributed by atoms with van der Waals surface area (Å²) in [4.78, 5) is 11.9. The van der Waals surface area contributed by atoms with Crippen molar-refractivity contribution in [1.82, 2.24) is 0 Å². The molecule has 3 N–H and O–H groups in total. The number of carbonyl (C=O) groups excluding carboxylic acids is 1. The van der Waals surface area contributed by atoms with E-state index in [0.29, 0.717) is 21.5 Å². The van der Waals surface area contributed by atoms with E-state index in [1.54, 1.807) is 13.0 Å². The second-order valence-corrected chi connectivity index (χ2v) is 6.50. The number of sulfonamides is 1. The lowest BCUT2D eigenvalue weighted by molar-refractivity contribution is 0.102. The number of amides is 1. The highest BCUT2D eigenvalue weighted by molar-refractivity contribution is 9.10. The van der Waals surface area contributed by atoms with Crippen LogP contribution in [0, 0.1) is 6.92 Å². The van der Waals surface area contributed by atoms with Gasteiger partial charge in [0.1, 0.15) is 12.0 Å². The zero-order chi connectivity index (χ0) is 14.9. The van der Waals surface area contributed by atoms with Crippen LogP contribution in [0.25, 0.3) is 0 Å². The SMILES string of the molecule is Cc1cc(C(=O)Nc2ccc(S(N)(=O)=O)cc2Br)co1. The summed E-state index contributed by atoms with van der Waals surface area (Å²) in [5, 5.41) is 7.66. The highest BCUT2D eigenvalue weighted by Gasteiger charge is 2.13. The van der Waals surface area contributed by atoms with Crippen LogP contribution in [0.5, 0.6) is 0 Å². The van der Waals surface area contributed by atoms with E-state index in [4.69, 9.17) is 9.56 Å². The van der Waals surface area contributed by atoms with Crippen molar-refractivity contribution in [3.8, 4) is 0 Å². The maximum atomic E-state index is 11.9. The van der Waals surface area contributed by atoms with Crippen molar-refractivity contribution in [2.24, 2.45) is 5.14 Å². The summed E-state index contributed by atoms with van der Waals surface area (Å²) in [6, 6.07) is 5.69. The number of furan rings is 1. The van der Waals surface area contributed by atoms with E-state index in [1.807, 2.05) is 0 Å². The Morgan fingerprint density at radius 1 is 1.35 bits per heavy atom. The van der Waals surface area contributed by atoms with E-state index in [9.17, 15) is 13.2 Å². The van der Waals surface area contributed by atoms with Gasteiger partial charge in [0.25, 0.3) is 5.91 Å². The van der Waals surface area contributed by atoms with E-state index in [-0.39, 0.29) is 10.8 Å². The predicted molar refractivity (Wildman–Crippen MR) is 76.9 cm³/mol. The predicted octanol–water partition coefficient (Wildman–Crippen LogP) is 2.25. The first kappa shape index (κ1) is 14.8. The molecule has 2 aromatic rings. The second kappa shape index (κ2) is 5.39. The van der Waals surface area contributed by atoms with Gasteiger partial charge < -0.3 is 9.73 Å². The summed E-state index contributed by atoms with van der Waals surface area (Å²) < 4.78 is 27.9. The van der Waals surface area contributed by atoms with Crippen LogP contribution in [-0.2, 0) is 10.0 Å².